The molecule has 1 aliphatic rings. The number of nitrogens with zero attached hydrogens (tertiary/aromatic N) is 2. The number of aromatic nitrogens is 1. The summed E-state index contributed by atoms with van der Waals surface area (Å²) in [6.45, 7) is 6.59. The fourth-order valence-corrected chi connectivity index (χ4v) is 2.21. The Labute approximate surface area is 95.6 Å². The minimum Gasteiger partial charge on any atom is -0.361 e. The topological polar surface area (TPSA) is 46.3 Å². The molecule has 0 unspecified atom stereocenters. The lowest BCUT2D eigenvalue weighted by Gasteiger charge is -2.24. The van der Waals surface area contributed by atoms with Gasteiger partial charge in [0, 0.05) is 18.5 Å². The number of hydrogen-bond donors (Lipinski definition) is 0. The third kappa shape index (κ3) is 1.96. The van der Waals surface area contributed by atoms with Crippen molar-refractivity contribution < 1.29 is 9.32 Å². The largest absolute Gasteiger partial charge is 0.361 e. The van der Waals surface area contributed by atoms with Gasteiger partial charge in [-0.25, -0.2) is 0 Å². The molecule has 0 N–H and O–H groups in total. The molecule has 4 heteroatoms. The van der Waals surface area contributed by atoms with Crippen molar-refractivity contribution in [1.29, 1.82) is 0 Å². The van der Waals surface area contributed by atoms with Crippen molar-refractivity contribution in [2.45, 2.75) is 39.7 Å². The predicted molar refractivity (Wildman–Crippen MR) is 59.8 cm³/mol. The standard InChI is InChI=1S/C12H18N2O2/c1-8(2)12(15)14-6-4-5-11(14)10-7-9(3)16-13-10/h7-8,11H,4-6H2,1-3H3/t11-/m0/s1. The molecule has 0 spiro atoms. The molecule has 0 bridgehead atoms. The van der Waals surface area contributed by atoms with Gasteiger partial charge in [0.05, 0.1) is 6.04 Å². The summed E-state index contributed by atoms with van der Waals surface area (Å²) in [4.78, 5) is 13.9. The molecule has 16 heavy (non-hydrogen) atoms. The van der Waals surface area contributed by atoms with Gasteiger partial charge in [-0.2, -0.15) is 0 Å². The van der Waals surface area contributed by atoms with Crippen molar-refractivity contribution >= 4 is 5.91 Å². The highest BCUT2D eigenvalue weighted by Crippen LogP contribution is 2.32. The van der Waals surface area contributed by atoms with Crippen molar-refractivity contribution in [2.75, 3.05) is 6.54 Å². The lowest BCUT2D eigenvalue weighted by Crippen LogP contribution is -2.33. The van der Waals surface area contributed by atoms with E-state index in [2.05, 4.69) is 5.16 Å². The number of rotatable bonds is 2. The molecule has 1 saturated heterocycles. The van der Waals surface area contributed by atoms with Crippen molar-refractivity contribution in [3.63, 3.8) is 0 Å². The summed E-state index contributed by atoms with van der Waals surface area (Å²) in [5.74, 6) is 1.07. The Kier molecular flexibility index (Phi) is 2.99. The van der Waals surface area contributed by atoms with Crippen molar-refractivity contribution in [2.24, 2.45) is 5.92 Å². The Balaban J connectivity index is 2.18. The molecule has 1 aromatic rings. The molecule has 0 aromatic carbocycles. The fraction of sp³-hybridized carbons (Fsp3) is 0.667. The summed E-state index contributed by atoms with van der Waals surface area (Å²) in [7, 11) is 0. The Bertz CT molecular complexity index is 384. The monoisotopic (exact) mass is 222 g/mol. The summed E-state index contributed by atoms with van der Waals surface area (Å²) in [5, 5.41) is 4.02. The van der Waals surface area contributed by atoms with Crippen molar-refractivity contribution in [3.05, 3.63) is 17.5 Å². The van der Waals surface area contributed by atoms with E-state index >= 15 is 0 Å². The molecule has 0 radical (unpaired) electrons. The molecular weight excluding hydrogens is 204 g/mol. The second kappa shape index (κ2) is 4.28. The normalized spacial score (nSPS) is 20.8. The first kappa shape index (κ1) is 11.2. The Hall–Kier alpha value is -1.32. The second-order valence-electron chi connectivity index (χ2n) is 4.71. The van der Waals surface area contributed by atoms with E-state index in [1.807, 2.05) is 31.7 Å². The Morgan fingerprint density at radius 1 is 1.62 bits per heavy atom. The number of carbonyl (C=O) groups excluding carboxylic acids is 1. The summed E-state index contributed by atoms with van der Waals surface area (Å²) >= 11 is 0. The van der Waals surface area contributed by atoms with Crippen LogP contribution in [-0.2, 0) is 4.79 Å². The maximum Gasteiger partial charge on any atom is 0.225 e. The number of aryl methyl sites for hydroxylation is 1. The van der Waals surface area contributed by atoms with E-state index in [9.17, 15) is 4.79 Å². The highest BCUT2D eigenvalue weighted by atomic mass is 16.5. The van der Waals surface area contributed by atoms with Crippen LogP contribution in [0.4, 0.5) is 0 Å². The maximum atomic E-state index is 12.0. The zero-order valence-corrected chi connectivity index (χ0v) is 10.1. The number of carbonyl (C=O) groups is 1. The van der Waals surface area contributed by atoms with E-state index < -0.39 is 0 Å². The quantitative estimate of drug-likeness (QED) is 0.771. The molecule has 2 rings (SSSR count). The third-order valence-corrected chi connectivity index (χ3v) is 3.02. The molecular formula is C12H18N2O2. The molecule has 1 fully saturated rings. The van der Waals surface area contributed by atoms with Gasteiger partial charge in [-0.1, -0.05) is 19.0 Å². The van der Waals surface area contributed by atoms with Crippen LogP contribution in [0, 0.1) is 12.8 Å². The smallest absolute Gasteiger partial charge is 0.225 e. The van der Waals surface area contributed by atoms with Gasteiger partial charge in [-0.3, -0.25) is 4.79 Å². The van der Waals surface area contributed by atoms with Crippen LogP contribution in [0.3, 0.4) is 0 Å². The van der Waals surface area contributed by atoms with E-state index in [1.165, 1.54) is 0 Å². The van der Waals surface area contributed by atoms with Crippen molar-refractivity contribution in [3.8, 4) is 0 Å². The average Bonchev–Trinajstić information content (AvgIpc) is 2.83. The van der Waals surface area contributed by atoms with Crippen LogP contribution in [-0.4, -0.2) is 22.5 Å². The first-order valence-electron chi connectivity index (χ1n) is 5.83. The molecule has 1 aliphatic heterocycles. The van der Waals surface area contributed by atoms with Gasteiger partial charge >= 0.3 is 0 Å². The summed E-state index contributed by atoms with van der Waals surface area (Å²) < 4.78 is 5.08. The highest BCUT2D eigenvalue weighted by Gasteiger charge is 2.32. The molecule has 0 aliphatic carbocycles. The van der Waals surface area contributed by atoms with Gasteiger partial charge < -0.3 is 9.42 Å². The van der Waals surface area contributed by atoms with Crippen LogP contribution in [0.2, 0.25) is 0 Å². The molecule has 1 aromatic heterocycles. The lowest BCUT2D eigenvalue weighted by molar-refractivity contribution is -0.135. The highest BCUT2D eigenvalue weighted by molar-refractivity contribution is 5.78. The van der Waals surface area contributed by atoms with E-state index in [0.717, 1.165) is 30.8 Å². The van der Waals surface area contributed by atoms with Crippen LogP contribution in [0.25, 0.3) is 0 Å². The van der Waals surface area contributed by atoms with Crippen LogP contribution < -0.4 is 0 Å². The van der Waals surface area contributed by atoms with E-state index in [1.54, 1.807) is 0 Å². The van der Waals surface area contributed by atoms with Gasteiger partial charge in [-0.15, -0.1) is 0 Å². The van der Waals surface area contributed by atoms with Gasteiger partial charge in [-0.05, 0) is 19.8 Å². The minimum absolute atomic E-state index is 0.0496. The SMILES string of the molecule is Cc1cc([C@@H]2CCCN2C(=O)C(C)C)no1. The summed E-state index contributed by atoms with van der Waals surface area (Å²) in [6.07, 6.45) is 2.04. The third-order valence-electron chi connectivity index (χ3n) is 3.02. The van der Waals surface area contributed by atoms with E-state index in [-0.39, 0.29) is 17.9 Å². The average molecular weight is 222 g/mol. The lowest BCUT2D eigenvalue weighted by atomic mass is 10.1. The van der Waals surface area contributed by atoms with E-state index in [4.69, 9.17) is 4.52 Å². The Morgan fingerprint density at radius 3 is 2.94 bits per heavy atom. The molecule has 88 valence electrons. The van der Waals surface area contributed by atoms with Crippen LogP contribution in [0.5, 0.6) is 0 Å². The van der Waals surface area contributed by atoms with Crippen molar-refractivity contribution in [1.82, 2.24) is 10.1 Å². The second-order valence-corrected chi connectivity index (χ2v) is 4.71. The molecule has 4 nitrogen and oxygen atoms in total. The minimum atomic E-state index is 0.0496. The number of hydrogen-bond acceptors (Lipinski definition) is 3. The van der Waals surface area contributed by atoms with E-state index in [0.29, 0.717) is 0 Å². The number of amides is 1. The summed E-state index contributed by atoms with van der Waals surface area (Å²) in [5.41, 5.74) is 0.893. The van der Waals surface area contributed by atoms with Crippen LogP contribution >= 0.6 is 0 Å². The molecule has 1 amide bonds. The van der Waals surface area contributed by atoms with Crippen LogP contribution in [0.15, 0.2) is 10.6 Å². The first-order valence-corrected chi connectivity index (χ1v) is 5.83. The predicted octanol–water partition coefficient (Wildman–Crippen LogP) is 2.30. The molecule has 0 saturated carbocycles. The van der Waals surface area contributed by atoms with Gasteiger partial charge in [0.25, 0.3) is 0 Å². The molecule has 2 heterocycles. The maximum absolute atomic E-state index is 12.0. The summed E-state index contributed by atoms with van der Waals surface area (Å²) in [6, 6.07) is 2.05. The van der Waals surface area contributed by atoms with Gasteiger partial charge in [0.1, 0.15) is 11.5 Å². The van der Waals surface area contributed by atoms with Crippen LogP contribution in [0.1, 0.15) is 44.2 Å². The zero-order chi connectivity index (χ0) is 11.7. The number of likely N-dealkylation sites (tertiary alicyclic amines) is 1. The van der Waals surface area contributed by atoms with Gasteiger partial charge in [0.2, 0.25) is 5.91 Å². The van der Waals surface area contributed by atoms with Gasteiger partial charge in [0.15, 0.2) is 0 Å². The first-order chi connectivity index (χ1) is 7.59. The fourth-order valence-electron chi connectivity index (χ4n) is 2.21. The zero-order valence-electron chi connectivity index (χ0n) is 10.1. The Morgan fingerprint density at radius 2 is 2.38 bits per heavy atom. The molecule has 1 atom stereocenters.